The third-order valence-electron chi connectivity index (χ3n) is 6.95. The lowest BCUT2D eigenvalue weighted by molar-refractivity contribution is -0.121. The van der Waals surface area contributed by atoms with Crippen LogP contribution in [-0.2, 0) is 4.79 Å². The van der Waals surface area contributed by atoms with Crippen LogP contribution < -0.4 is 25.6 Å². The van der Waals surface area contributed by atoms with E-state index in [2.05, 4.69) is 31.2 Å². The van der Waals surface area contributed by atoms with Crippen LogP contribution in [0.4, 0.5) is 4.39 Å². The van der Waals surface area contributed by atoms with E-state index in [0.29, 0.717) is 24.3 Å². The Hall–Kier alpha value is -3.79. The van der Waals surface area contributed by atoms with Crippen LogP contribution in [0.1, 0.15) is 49.4 Å². The SMILES string of the molecule is COc1ccc([C@@H](C)NC(=O)CCC2=NNC3C4CC(c5ccc(F)cc5)NN4C=CN23)cc1OC. The van der Waals surface area contributed by atoms with Crippen LogP contribution in [0.3, 0.4) is 0 Å². The van der Waals surface area contributed by atoms with E-state index < -0.39 is 0 Å². The highest BCUT2D eigenvalue weighted by Gasteiger charge is 2.44. The minimum atomic E-state index is -0.238. The number of carbonyl (C=O) groups is 1. The smallest absolute Gasteiger partial charge is 0.220 e. The van der Waals surface area contributed by atoms with Gasteiger partial charge in [0.25, 0.3) is 0 Å². The Kier molecular flexibility index (Phi) is 6.69. The molecule has 0 aromatic heterocycles. The fourth-order valence-corrected chi connectivity index (χ4v) is 4.97. The summed E-state index contributed by atoms with van der Waals surface area (Å²) in [5.41, 5.74) is 8.70. The van der Waals surface area contributed by atoms with Crippen molar-refractivity contribution in [2.45, 2.75) is 50.5 Å². The van der Waals surface area contributed by atoms with Crippen molar-refractivity contribution in [1.29, 1.82) is 0 Å². The predicted octanol–water partition coefficient (Wildman–Crippen LogP) is 3.15. The number of hydrazine groups is 1. The van der Waals surface area contributed by atoms with Gasteiger partial charge in [-0.05, 0) is 48.7 Å². The number of amides is 1. The molecule has 3 N–H and O–H groups in total. The summed E-state index contributed by atoms with van der Waals surface area (Å²) in [6, 6.07) is 12.3. The molecule has 4 atom stereocenters. The van der Waals surface area contributed by atoms with Gasteiger partial charge in [-0.3, -0.25) is 10.2 Å². The van der Waals surface area contributed by atoms with E-state index in [1.165, 1.54) is 12.1 Å². The molecule has 0 aliphatic carbocycles. The summed E-state index contributed by atoms with van der Waals surface area (Å²) in [4.78, 5) is 14.8. The maximum Gasteiger partial charge on any atom is 0.220 e. The number of hydrazone groups is 1. The molecule has 1 fully saturated rings. The summed E-state index contributed by atoms with van der Waals surface area (Å²) >= 11 is 0. The Morgan fingerprint density at radius 2 is 1.94 bits per heavy atom. The number of carbonyl (C=O) groups excluding carboxylic acids is 1. The first-order valence-corrected chi connectivity index (χ1v) is 12.1. The average molecular weight is 495 g/mol. The van der Waals surface area contributed by atoms with Gasteiger partial charge in [0, 0.05) is 25.2 Å². The maximum absolute atomic E-state index is 13.3. The van der Waals surface area contributed by atoms with E-state index in [4.69, 9.17) is 9.47 Å². The largest absolute Gasteiger partial charge is 0.493 e. The molecule has 0 radical (unpaired) electrons. The zero-order valence-electron chi connectivity index (χ0n) is 20.6. The lowest BCUT2D eigenvalue weighted by Crippen LogP contribution is -2.54. The third-order valence-corrected chi connectivity index (χ3v) is 6.95. The lowest BCUT2D eigenvalue weighted by atomic mass is 9.99. The molecule has 2 aromatic rings. The van der Waals surface area contributed by atoms with E-state index in [1.54, 1.807) is 14.2 Å². The Balaban J connectivity index is 1.15. The second kappa shape index (κ2) is 10.1. The normalized spacial score (nSPS) is 22.9. The van der Waals surface area contributed by atoms with Gasteiger partial charge in [-0.25, -0.2) is 9.82 Å². The van der Waals surface area contributed by atoms with Crippen molar-refractivity contribution < 1.29 is 18.7 Å². The highest BCUT2D eigenvalue weighted by atomic mass is 19.1. The Morgan fingerprint density at radius 1 is 1.17 bits per heavy atom. The standard InChI is InChI=1S/C26H31FN6O3/c1-16(18-6-9-22(35-2)23(14-18)36-3)28-25(34)11-10-24-29-30-26-21-15-20(17-4-7-19(27)8-5-17)31-33(21)13-12-32(24)26/h4-9,12-14,16,20-21,26,30-31H,10-11,15H2,1-3H3,(H,28,34)/t16-,20?,21?,26?/m1/s1. The number of fused-ring (bicyclic) bond motifs is 3. The Bertz CT molecular complexity index is 1170. The summed E-state index contributed by atoms with van der Waals surface area (Å²) < 4.78 is 24.0. The van der Waals surface area contributed by atoms with Gasteiger partial charge in [0.1, 0.15) is 17.8 Å². The molecule has 0 bridgehead atoms. The molecule has 0 saturated carbocycles. The topological polar surface area (TPSA) is 90.5 Å². The highest BCUT2D eigenvalue weighted by molar-refractivity contribution is 5.89. The van der Waals surface area contributed by atoms with Crippen molar-refractivity contribution in [3.8, 4) is 11.5 Å². The van der Waals surface area contributed by atoms with Gasteiger partial charge < -0.3 is 24.7 Å². The van der Waals surface area contributed by atoms with Crippen molar-refractivity contribution in [3.63, 3.8) is 0 Å². The highest BCUT2D eigenvalue weighted by Crippen LogP contribution is 2.34. The molecule has 190 valence electrons. The summed E-state index contributed by atoms with van der Waals surface area (Å²) in [7, 11) is 3.18. The summed E-state index contributed by atoms with van der Waals surface area (Å²) in [5, 5.41) is 9.66. The number of halogens is 1. The number of hydrogen-bond donors (Lipinski definition) is 3. The first kappa shape index (κ1) is 23.9. The van der Waals surface area contributed by atoms with Crippen molar-refractivity contribution >= 4 is 11.7 Å². The molecule has 0 spiro atoms. The number of hydrogen-bond acceptors (Lipinski definition) is 8. The van der Waals surface area contributed by atoms with Crippen molar-refractivity contribution in [3.05, 3.63) is 71.8 Å². The van der Waals surface area contributed by atoms with Crippen LogP contribution in [0.15, 0.2) is 60.0 Å². The Morgan fingerprint density at radius 3 is 2.69 bits per heavy atom. The van der Waals surface area contributed by atoms with Crippen molar-refractivity contribution in [2.75, 3.05) is 14.2 Å². The molecule has 3 aliphatic rings. The zero-order chi connectivity index (χ0) is 25.2. The minimum Gasteiger partial charge on any atom is -0.493 e. The van der Waals surface area contributed by atoms with E-state index in [9.17, 15) is 9.18 Å². The summed E-state index contributed by atoms with van der Waals surface area (Å²) in [6.45, 7) is 1.94. The third kappa shape index (κ3) is 4.68. The van der Waals surface area contributed by atoms with Crippen LogP contribution >= 0.6 is 0 Å². The first-order chi connectivity index (χ1) is 17.5. The molecule has 2 aromatic carbocycles. The van der Waals surface area contributed by atoms with Gasteiger partial charge in [-0.1, -0.05) is 18.2 Å². The number of ether oxygens (including phenoxy) is 2. The Labute approximate surface area is 209 Å². The molecule has 10 heteroatoms. The molecule has 3 heterocycles. The van der Waals surface area contributed by atoms with E-state index in [1.807, 2.05) is 49.7 Å². The first-order valence-electron chi connectivity index (χ1n) is 12.1. The summed E-state index contributed by atoms with van der Waals surface area (Å²) in [5.74, 6) is 1.82. The van der Waals surface area contributed by atoms with Gasteiger partial charge in [-0.15, -0.1) is 0 Å². The quantitative estimate of drug-likeness (QED) is 0.520. The van der Waals surface area contributed by atoms with Crippen LogP contribution in [0, 0.1) is 5.82 Å². The van der Waals surface area contributed by atoms with Crippen LogP contribution in [-0.4, -0.2) is 48.1 Å². The van der Waals surface area contributed by atoms with Gasteiger partial charge in [0.2, 0.25) is 5.91 Å². The monoisotopic (exact) mass is 494 g/mol. The number of nitrogens with zero attached hydrogens (tertiary/aromatic N) is 3. The number of nitrogens with one attached hydrogen (secondary N) is 3. The maximum atomic E-state index is 13.3. The molecular formula is C26H31FN6O3. The van der Waals surface area contributed by atoms with Gasteiger partial charge in [-0.2, -0.15) is 5.10 Å². The molecule has 3 aliphatic heterocycles. The van der Waals surface area contributed by atoms with E-state index in [0.717, 1.165) is 23.4 Å². The molecule has 3 unspecified atom stereocenters. The van der Waals surface area contributed by atoms with Gasteiger partial charge >= 0.3 is 0 Å². The van der Waals surface area contributed by atoms with Crippen LogP contribution in [0.25, 0.3) is 0 Å². The number of amidine groups is 1. The molecule has 1 amide bonds. The fraction of sp³-hybridized carbons (Fsp3) is 0.385. The second-order valence-corrected chi connectivity index (χ2v) is 9.15. The van der Waals surface area contributed by atoms with Crippen molar-refractivity contribution in [2.24, 2.45) is 5.10 Å². The second-order valence-electron chi connectivity index (χ2n) is 9.15. The molecular weight excluding hydrogens is 463 g/mol. The molecule has 9 nitrogen and oxygen atoms in total. The number of benzene rings is 2. The minimum absolute atomic E-state index is 0.0308. The summed E-state index contributed by atoms with van der Waals surface area (Å²) in [6.07, 6.45) is 5.61. The van der Waals surface area contributed by atoms with Gasteiger partial charge in [0.15, 0.2) is 11.5 Å². The zero-order valence-corrected chi connectivity index (χ0v) is 20.6. The molecule has 36 heavy (non-hydrogen) atoms. The molecule has 5 rings (SSSR count). The number of methoxy groups -OCH3 is 2. The molecule has 1 saturated heterocycles. The average Bonchev–Trinajstić information content (AvgIpc) is 3.51. The van der Waals surface area contributed by atoms with Gasteiger partial charge in [0.05, 0.1) is 32.3 Å². The van der Waals surface area contributed by atoms with Crippen LogP contribution in [0.2, 0.25) is 0 Å². The van der Waals surface area contributed by atoms with E-state index in [-0.39, 0.29) is 36.0 Å². The fourth-order valence-electron chi connectivity index (χ4n) is 4.97. The van der Waals surface area contributed by atoms with E-state index >= 15 is 0 Å². The van der Waals surface area contributed by atoms with Crippen molar-refractivity contribution in [1.82, 2.24) is 26.1 Å². The van der Waals surface area contributed by atoms with Crippen LogP contribution in [0.5, 0.6) is 11.5 Å². The number of rotatable bonds is 8. The predicted molar refractivity (Wildman–Crippen MR) is 133 cm³/mol. The lowest BCUT2D eigenvalue weighted by Gasteiger charge is -2.37.